The van der Waals surface area contributed by atoms with E-state index in [4.69, 9.17) is 19.1 Å². The van der Waals surface area contributed by atoms with Crippen molar-refractivity contribution >= 4 is 36.1 Å². The average molecular weight is 765 g/mol. The summed E-state index contributed by atoms with van der Waals surface area (Å²) in [4.78, 5) is 94.9. The van der Waals surface area contributed by atoms with Crippen LogP contribution >= 0.6 is 0 Å². The van der Waals surface area contributed by atoms with E-state index >= 15 is 0 Å². The number of likely N-dealkylation sites (tertiary alicyclic amines) is 2. The highest BCUT2D eigenvalue weighted by molar-refractivity contribution is 5.89. The van der Waals surface area contributed by atoms with Crippen molar-refractivity contribution < 1.29 is 47.9 Å². The van der Waals surface area contributed by atoms with Crippen molar-refractivity contribution in [3.8, 4) is 0 Å². The molecule has 18 nitrogen and oxygen atoms in total. The molecule has 6 saturated heterocycles. The van der Waals surface area contributed by atoms with Crippen LogP contribution in [-0.4, -0.2) is 166 Å². The standard InChI is InChI=1S/2C18H30N4O5/c2*1-18(2,3)26-17(25)21-9-5-6-13(11-21)27-19-15(23)14-8-7-12-10-22(14)16(24)20(12)4/h2*12-14H,5-11H2,1-4H3,(H,19,23)/t2*12-,13+,14+/m11/s1. The fraction of sp³-hybridized carbons (Fsp3) is 0.833. The molecule has 6 aliphatic heterocycles. The van der Waals surface area contributed by atoms with E-state index in [1.165, 1.54) is 0 Å². The smallest absolute Gasteiger partial charge is 0.410 e. The molecule has 6 rings (SSSR count). The Kier molecular flexibility index (Phi) is 12.8. The van der Waals surface area contributed by atoms with Gasteiger partial charge in [0.2, 0.25) is 0 Å². The van der Waals surface area contributed by atoms with Crippen molar-refractivity contribution in [1.29, 1.82) is 0 Å². The molecule has 6 fully saturated rings. The van der Waals surface area contributed by atoms with E-state index in [1.54, 1.807) is 43.5 Å². The summed E-state index contributed by atoms with van der Waals surface area (Å²) in [6.45, 7) is 14.1. The zero-order valence-electron chi connectivity index (χ0n) is 33.1. The Hall–Kier alpha value is -4.06. The molecule has 0 aliphatic carbocycles. The molecule has 6 heterocycles. The second-order valence-corrected chi connectivity index (χ2v) is 17.1. The lowest BCUT2D eigenvalue weighted by Gasteiger charge is -2.34. The first-order chi connectivity index (χ1) is 25.3. The molecular formula is C36H60N8O10. The quantitative estimate of drug-likeness (QED) is 0.382. The molecule has 2 N–H and O–H groups in total. The van der Waals surface area contributed by atoms with E-state index in [0.29, 0.717) is 52.1 Å². The molecule has 4 bridgehead atoms. The number of piperidine rings is 4. The summed E-state index contributed by atoms with van der Waals surface area (Å²) in [5, 5.41) is 0. The van der Waals surface area contributed by atoms with Gasteiger partial charge in [0.15, 0.2) is 0 Å². The lowest BCUT2D eigenvalue weighted by atomic mass is 10.0. The molecule has 0 radical (unpaired) electrons. The number of urea groups is 2. The van der Waals surface area contributed by atoms with Gasteiger partial charge in [-0.05, 0) is 92.9 Å². The number of ether oxygens (including phenoxy) is 2. The van der Waals surface area contributed by atoms with Crippen molar-refractivity contribution in [2.75, 3.05) is 53.4 Å². The van der Waals surface area contributed by atoms with Gasteiger partial charge < -0.3 is 38.9 Å². The van der Waals surface area contributed by atoms with Crippen molar-refractivity contribution in [2.24, 2.45) is 0 Å². The topological polar surface area (TPSA) is 183 Å². The highest BCUT2D eigenvalue weighted by Gasteiger charge is 2.47. The van der Waals surface area contributed by atoms with Gasteiger partial charge in [0.1, 0.15) is 35.5 Å². The Balaban J connectivity index is 0.000000208. The summed E-state index contributed by atoms with van der Waals surface area (Å²) >= 11 is 0. The summed E-state index contributed by atoms with van der Waals surface area (Å²) in [7, 11) is 3.55. The molecule has 18 heteroatoms. The third-order valence-electron chi connectivity index (χ3n) is 10.6. The fourth-order valence-corrected chi connectivity index (χ4v) is 7.69. The van der Waals surface area contributed by atoms with E-state index in [0.717, 1.165) is 38.5 Å². The van der Waals surface area contributed by atoms with Crippen LogP contribution in [0.2, 0.25) is 0 Å². The SMILES string of the molecule is CN1C(=O)N2C[C@H]1CC[C@H]2C(=O)NO[C@H]1CCCN(C(=O)OC(C)(C)C)C1.CN1C(=O)N2C[C@H]1CC[C@H]2C(=O)NO[C@H]1CCCN(C(=O)OC(C)(C)C)C1. The van der Waals surface area contributed by atoms with Gasteiger partial charge in [-0.3, -0.25) is 19.3 Å². The molecule has 8 amide bonds. The van der Waals surface area contributed by atoms with E-state index in [1.807, 2.05) is 41.5 Å². The van der Waals surface area contributed by atoms with Crippen LogP contribution in [0, 0.1) is 0 Å². The molecule has 6 atom stereocenters. The molecular weight excluding hydrogens is 704 g/mol. The number of likely N-dealkylation sites (N-methyl/N-ethyl adjacent to an activating group) is 2. The van der Waals surface area contributed by atoms with Crippen LogP contribution in [0.25, 0.3) is 0 Å². The second-order valence-electron chi connectivity index (χ2n) is 17.1. The van der Waals surface area contributed by atoms with Crippen LogP contribution in [0.3, 0.4) is 0 Å². The zero-order chi connectivity index (χ0) is 39.5. The first kappa shape index (κ1) is 41.1. The maximum atomic E-state index is 12.5. The third kappa shape index (κ3) is 10.2. The normalized spacial score (nSPS) is 28.4. The summed E-state index contributed by atoms with van der Waals surface area (Å²) in [6, 6.07) is -0.808. The van der Waals surface area contributed by atoms with Gasteiger partial charge in [-0.1, -0.05) is 0 Å². The minimum absolute atomic E-state index is 0.105. The summed E-state index contributed by atoms with van der Waals surface area (Å²) in [5.74, 6) is -0.599. The largest absolute Gasteiger partial charge is 0.444 e. The van der Waals surface area contributed by atoms with Gasteiger partial charge in [0.25, 0.3) is 11.8 Å². The number of fused-ring (bicyclic) bond motifs is 4. The van der Waals surface area contributed by atoms with E-state index in [2.05, 4.69) is 11.0 Å². The monoisotopic (exact) mass is 764 g/mol. The van der Waals surface area contributed by atoms with Crippen molar-refractivity contribution in [3.05, 3.63) is 0 Å². The van der Waals surface area contributed by atoms with Gasteiger partial charge in [0, 0.05) is 40.3 Å². The van der Waals surface area contributed by atoms with Gasteiger partial charge >= 0.3 is 24.2 Å². The third-order valence-corrected chi connectivity index (χ3v) is 10.6. The number of hydrogen-bond acceptors (Lipinski definition) is 10. The highest BCUT2D eigenvalue weighted by atomic mass is 16.7. The molecule has 0 aromatic heterocycles. The summed E-state index contributed by atoms with van der Waals surface area (Å²) in [6.07, 6.45) is 4.62. The molecule has 0 unspecified atom stereocenters. The lowest BCUT2D eigenvalue weighted by Crippen LogP contribution is -2.52. The highest BCUT2D eigenvalue weighted by Crippen LogP contribution is 2.30. The number of carbonyl (C=O) groups excluding carboxylic acids is 6. The zero-order valence-corrected chi connectivity index (χ0v) is 33.1. The van der Waals surface area contributed by atoms with Gasteiger partial charge in [-0.2, -0.15) is 0 Å². The van der Waals surface area contributed by atoms with Crippen LogP contribution in [-0.2, 0) is 28.7 Å². The van der Waals surface area contributed by atoms with E-state index < -0.39 is 23.3 Å². The number of carbonyl (C=O) groups is 6. The predicted octanol–water partition coefficient (Wildman–Crippen LogP) is 2.66. The Bertz CT molecular complexity index is 1310. The van der Waals surface area contributed by atoms with E-state index in [9.17, 15) is 28.8 Å². The predicted molar refractivity (Wildman–Crippen MR) is 193 cm³/mol. The van der Waals surface area contributed by atoms with Gasteiger partial charge in [0.05, 0.1) is 25.2 Å². The lowest BCUT2D eigenvalue weighted by molar-refractivity contribution is -0.146. The number of amides is 8. The Morgan fingerprint density at radius 2 is 0.944 bits per heavy atom. The Labute approximate surface area is 317 Å². The first-order valence-corrected chi connectivity index (χ1v) is 19.2. The van der Waals surface area contributed by atoms with Crippen LogP contribution in [0.4, 0.5) is 19.2 Å². The van der Waals surface area contributed by atoms with Crippen molar-refractivity contribution in [3.63, 3.8) is 0 Å². The minimum Gasteiger partial charge on any atom is -0.444 e. The van der Waals surface area contributed by atoms with E-state index in [-0.39, 0.29) is 60.4 Å². The molecule has 0 spiro atoms. The maximum absolute atomic E-state index is 12.5. The number of nitrogens with zero attached hydrogens (tertiary/aromatic N) is 6. The Morgan fingerprint density at radius 1 is 0.574 bits per heavy atom. The molecule has 54 heavy (non-hydrogen) atoms. The first-order valence-electron chi connectivity index (χ1n) is 19.2. The molecule has 0 aromatic rings. The van der Waals surface area contributed by atoms with Crippen molar-refractivity contribution in [1.82, 2.24) is 40.4 Å². The summed E-state index contributed by atoms with van der Waals surface area (Å²) < 4.78 is 10.8. The maximum Gasteiger partial charge on any atom is 0.410 e. The number of hydroxylamine groups is 2. The molecule has 0 saturated carbocycles. The number of nitrogens with one attached hydrogen (secondary N) is 2. The molecule has 0 aromatic carbocycles. The van der Waals surface area contributed by atoms with Crippen LogP contribution in [0.15, 0.2) is 0 Å². The van der Waals surface area contributed by atoms with Crippen LogP contribution < -0.4 is 11.0 Å². The van der Waals surface area contributed by atoms with Gasteiger partial charge in [-0.25, -0.2) is 30.1 Å². The van der Waals surface area contributed by atoms with Crippen molar-refractivity contribution in [2.45, 2.75) is 140 Å². The summed E-state index contributed by atoms with van der Waals surface area (Å²) in [5.41, 5.74) is 3.94. The van der Waals surface area contributed by atoms with Gasteiger partial charge in [-0.15, -0.1) is 0 Å². The van der Waals surface area contributed by atoms with Crippen LogP contribution in [0.5, 0.6) is 0 Å². The molecule has 6 aliphatic rings. The fourth-order valence-electron chi connectivity index (χ4n) is 7.69. The second kappa shape index (κ2) is 16.8. The minimum atomic E-state index is -0.548. The molecule has 304 valence electrons. The number of rotatable bonds is 6. The Morgan fingerprint density at radius 3 is 1.30 bits per heavy atom. The van der Waals surface area contributed by atoms with Crippen LogP contribution in [0.1, 0.15) is 92.9 Å². The number of hydrogen-bond donors (Lipinski definition) is 2. The average Bonchev–Trinajstić information content (AvgIpc) is 3.47.